The number of benzene rings is 1. The number of anilines is 2. The summed E-state index contributed by atoms with van der Waals surface area (Å²) in [6.07, 6.45) is 1.42. The predicted molar refractivity (Wildman–Crippen MR) is 149 cm³/mol. The van der Waals surface area contributed by atoms with Crippen LogP contribution in [0.25, 0.3) is 6.08 Å². The minimum atomic E-state index is -1.03. The second-order valence-electron chi connectivity index (χ2n) is 8.83. The number of thiocarbonyl (C=S) groups is 1. The van der Waals surface area contributed by atoms with E-state index in [0.29, 0.717) is 54.6 Å². The summed E-state index contributed by atoms with van der Waals surface area (Å²) in [7, 11) is 0. The number of carboxylic acid groups (broad SMARTS) is 1. The maximum absolute atomic E-state index is 13.4. The summed E-state index contributed by atoms with van der Waals surface area (Å²) in [5, 5.41) is 18.8. The van der Waals surface area contributed by atoms with Crippen molar-refractivity contribution in [1.82, 2.24) is 9.47 Å². The molecule has 2 saturated heterocycles. The van der Waals surface area contributed by atoms with Gasteiger partial charge in [0.1, 0.15) is 27.6 Å². The van der Waals surface area contributed by atoms with Gasteiger partial charge in [0.05, 0.1) is 11.3 Å². The van der Waals surface area contributed by atoms with Crippen LogP contribution in [-0.2, 0) is 16.1 Å². The van der Waals surface area contributed by atoms with Crippen LogP contribution >= 0.6 is 24.0 Å². The second kappa shape index (κ2) is 11.4. The normalized spacial score (nSPS) is 16.9. The zero-order valence-corrected chi connectivity index (χ0v) is 22.6. The fourth-order valence-electron chi connectivity index (χ4n) is 4.64. The highest BCUT2D eigenvalue weighted by atomic mass is 32.2. The van der Waals surface area contributed by atoms with Gasteiger partial charge in [0.2, 0.25) is 0 Å². The van der Waals surface area contributed by atoms with E-state index in [-0.39, 0.29) is 28.7 Å². The van der Waals surface area contributed by atoms with Crippen LogP contribution in [0.15, 0.2) is 34.0 Å². The first-order valence-corrected chi connectivity index (χ1v) is 13.3. The average molecular weight is 556 g/mol. The molecule has 2 aliphatic heterocycles. The van der Waals surface area contributed by atoms with Crippen molar-refractivity contribution in [2.45, 2.75) is 26.8 Å². The highest BCUT2D eigenvalue weighted by molar-refractivity contribution is 8.26. The molecule has 0 aliphatic carbocycles. The van der Waals surface area contributed by atoms with E-state index >= 15 is 0 Å². The van der Waals surface area contributed by atoms with Crippen molar-refractivity contribution in [2.24, 2.45) is 0 Å². The van der Waals surface area contributed by atoms with E-state index in [4.69, 9.17) is 17.3 Å². The first kappa shape index (κ1) is 27.3. The molecular formula is C26H26FN5O4S2. The van der Waals surface area contributed by atoms with Gasteiger partial charge in [0, 0.05) is 50.5 Å². The van der Waals surface area contributed by atoms with Gasteiger partial charge in [-0.15, -0.1) is 0 Å². The van der Waals surface area contributed by atoms with Crippen molar-refractivity contribution in [2.75, 3.05) is 42.5 Å². The molecule has 12 heteroatoms. The number of nitrogens with zero attached hydrogens (tertiary/aromatic N) is 5. The predicted octanol–water partition coefficient (Wildman–Crippen LogP) is 3.19. The number of halogens is 1. The molecule has 38 heavy (non-hydrogen) atoms. The van der Waals surface area contributed by atoms with Gasteiger partial charge in [-0.2, -0.15) is 5.26 Å². The Morgan fingerprint density at radius 1 is 1.18 bits per heavy atom. The maximum atomic E-state index is 13.4. The molecule has 0 bridgehead atoms. The number of amides is 1. The van der Waals surface area contributed by atoms with Crippen molar-refractivity contribution in [3.8, 4) is 6.07 Å². The topological polar surface area (TPSA) is 110 Å². The van der Waals surface area contributed by atoms with Crippen LogP contribution in [0.2, 0.25) is 0 Å². The Hall–Kier alpha value is -3.69. The van der Waals surface area contributed by atoms with Gasteiger partial charge >= 0.3 is 5.97 Å². The SMILES string of the molecule is CCn1c(N2CCN(c3ccc(F)cc3)CC2)c(C=C2SC(=S)N(CCC(=O)O)C2=O)c(C)c(C#N)c1=O. The lowest BCUT2D eigenvalue weighted by Crippen LogP contribution is -2.48. The standard InChI is InChI=1S/C26H26FN5O4S2/c1-3-31-23(30-12-10-29(11-13-30)18-6-4-17(27)5-7-18)19(16(2)20(15-28)24(31)35)14-21-25(36)32(26(37)38-21)9-8-22(33)34/h4-7,14H,3,8-13H2,1-2H3,(H,33,34). The molecule has 1 aromatic heterocycles. The Bertz CT molecular complexity index is 1420. The third kappa shape index (κ3) is 5.30. The minimum Gasteiger partial charge on any atom is -0.481 e. The van der Waals surface area contributed by atoms with Crippen LogP contribution in [0, 0.1) is 24.1 Å². The number of pyridine rings is 1. The van der Waals surface area contributed by atoms with E-state index < -0.39 is 17.4 Å². The molecule has 1 aromatic carbocycles. The molecule has 2 aromatic rings. The molecular weight excluding hydrogens is 529 g/mol. The van der Waals surface area contributed by atoms with Crippen molar-refractivity contribution >= 4 is 57.8 Å². The van der Waals surface area contributed by atoms with Crippen molar-refractivity contribution in [3.05, 3.63) is 62.0 Å². The summed E-state index contributed by atoms with van der Waals surface area (Å²) in [5.74, 6) is -1.12. The monoisotopic (exact) mass is 555 g/mol. The molecule has 1 amide bonds. The number of aliphatic carboxylic acids is 1. The van der Waals surface area contributed by atoms with Crippen LogP contribution in [0.3, 0.4) is 0 Å². The minimum absolute atomic E-state index is 0.00755. The van der Waals surface area contributed by atoms with Crippen LogP contribution in [0.4, 0.5) is 15.9 Å². The van der Waals surface area contributed by atoms with E-state index in [0.717, 1.165) is 17.4 Å². The summed E-state index contributed by atoms with van der Waals surface area (Å²) in [4.78, 5) is 43.1. The van der Waals surface area contributed by atoms with Crippen LogP contribution in [0.5, 0.6) is 0 Å². The third-order valence-corrected chi connectivity index (χ3v) is 8.01. The number of hydrogen-bond donors (Lipinski definition) is 1. The molecule has 4 rings (SSSR count). The molecule has 1 N–H and O–H groups in total. The largest absolute Gasteiger partial charge is 0.481 e. The van der Waals surface area contributed by atoms with Gasteiger partial charge < -0.3 is 14.9 Å². The van der Waals surface area contributed by atoms with Gasteiger partial charge in [0.15, 0.2) is 0 Å². The quantitative estimate of drug-likeness (QED) is 0.407. The van der Waals surface area contributed by atoms with E-state index in [2.05, 4.69) is 9.80 Å². The molecule has 0 spiro atoms. The number of nitriles is 1. The molecule has 3 heterocycles. The van der Waals surface area contributed by atoms with Gasteiger partial charge in [-0.3, -0.25) is 23.9 Å². The van der Waals surface area contributed by atoms with Gasteiger partial charge in [-0.1, -0.05) is 24.0 Å². The summed E-state index contributed by atoms with van der Waals surface area (Å²) in [5.41, 5.74) is 1.56. The summed E-state index contributed by atoms with van der Waals surface area (Å²) >= 11 is 6.40. The van der Waals surface area contributed by atoms with Crippen LogP contribution in [0.1, 0.15) is 30.0 Å². The molecule has 9 nitrogen and oxygen atoms in total. The first-order chi connectivity index (χ1) is 18.2. The molecule has 0 unspecified atom stereocenters. The summed E-state index contributed by atoms with van der Waals surface area (Å²) < 4.78 is 15.2. The lowest BCUT2D eigenvalue weighted by molar-refractivity contribution is -0.137. The van der Waals surface area contributed by atoms with Crippen LogP contribution < -0.4 is 15.4 Å². The van der Waals surface area contributed by atoms with Gasteiger partial charge in [-0.25, -0.2) is 4.39 Å². The molecule has 0 saturated carbocycles. The molecule has 2 fully saturated rings. The number of aromatic nitrogens is 1. The number of carbonyl (C=O) groups is 2. The van der Waals surface area contributed by atoms with E-state index in [1.807, 2.05) is 13.0 Å². The fourth-order valence-corrected chi connectivity index (χ4v) is 5.93. The fraction of sp³-hybridized carbons (Fsp3) is 0.346. The summed E-state index contributed by atoms with van der Waals surface area (Å²) in [6, 6.07) is 8.32. The second-order valence-corrected chi connectivity index (χ2v) is 10.5. The molecule has 198 valence electrons. The lowest BCUT2D eigenvalue weighted by Gasteiger charge is -2.39. The Balaban J connectivity index is 1.73. The van der Waals surface area contributed by atoms with E-state index in [1.165, 1.54) is 17.0 Å². The Morgan fingerprint density at radius 2 is 1.82 bits per heavy atom. The summed E-state index contributed by atoms with van der Waals surface area (Å²) in [6.45, 7) is 6.17. The zero-order chi connectivity index (χ0) is 27.6. The van der Waals surface area contributed by atoms with Gasteiger partial charge in [0.25, 0.3) is 11.5 Å². The smallest absolute Gasteiger partial charge is 0.305 e. The van der Waals surface area contributed by atoms with Crippen molar-refractivity contribution in [1.29, 1.82) is 5.26 Å². The number of carboxylic acids is 1. The third-order valence-electron chi connectivity index (χ3n) is 6.63. The number of thioether (sulfide) groups is 1. The zero-order valence-electron chi connectivity index (χ0n) is 20.9. The highest BCUT2D eigenvalue weighted by Crippen LogP contribution is 2.36. The first-order valence-electron chi connectivity index (χ1n) is 12.1. The average Bonchev–Trinajstić information content (AvgIpc) is 3.16. The maximum Gasteiger partial charge on any atom is 0.305 e. The Labute approximate surface area is 228 Å². The molecule has 2 aliphatic rings. The number of piperazine rings is 1. The van der Waals surface area contributed by atoms with Gasteiger partial charge in [-0.05, 0) is 49.8 Å². The Kier molecular flexibility index (Phi) is 8.18. The number of hydrogen-bond acceptors (Lipinski definition) is 8. The van der Waals surface area contributed by atoms with Crippen molar-refractivity contribution < 1.29 is 19.1 Å². The lowest BCUT2D eigenvalue weighted by atomic mass is 10.0. The highest BCUT2D eigenvalue weighted by Gasteiger charge is 2.33. The van der Waals surface area contributed by atoms with E-state index in [1.54, 1.807) is 29.7 Å². The van der Waals surface area contributed by atoms with E-state index in [9.17, 15) is 24.0 Å². The van der Waals surface area contributed by atoms with Crippen LogP contribution in [-0.4, -0.2) is 63.5 Å². The number of rotatable bonds is 7. The number of carbonyl (C=O) groups excluding carboxylic acids is 1. The molecule has 0 radical (unpaired) electrons. The van der Waals surface area contributed by atoms with Crippen molar-refractivity contribution in [3.63, 3.8) is 0 Å². The Morgan fingerprint density at radius 3 is 2.39 bits per heavy atom. The molecule has 0 atom stereocenters.